The summed E-state index contributed by atoms with van der Waals surface area (Å²) in [5.41, 5.74) is 2.20. The van der Waals surface area contributed by atoms with Crippen molar-refractivity contribution in [3.05, 3.63) is 77.7 Å². The molecular weight excluding hydrogens is 514 g/mol. The number of rotatable bonds is 12. The van der Waals surface area contributed by atoms with Crippen molar-refractivity contribution in [2.45, 2.75) is 18.4 Å². The number of carbonyl (C=O) groups excluding carboxylic acids is 1. The van der Waals surface area contributed by atoms with E-state index >= 15 is 0 Å². The summed E-state index contributed by atoms with van der Waals surface area (Å²) >= 11 is 1.42. The SMILES string of the molecule is COCCN(CCOC)S(=O)(=O)c1ccc(C(=O)N(Cc2ccco2)c2nc3c(C)cccc3s2)cc1. The fraction of sp³-hybridized carbons (Fsp3) is 0.308. The lowest BCUT2D eigenvalue weighted by atomic mass is 10.2. The van der Waals surface area contributed by atoms with E-state index < -0.39 is 10.0 Å². The Labute approximate surface area is 220 Å². The van der Waals surface area contributed by atoms with Gasteiger partial charge in [0.1, 0.15) is 5.76 Å². The van der Waals surface area contributed by atoms with E-state index in [4.69, 9.17) is 18.9 Å². The van der Waals surface area contributed by atoms with Crippen molar-refractivity contribution in [1.29, 1.82) is 0 Å². The quantitative estimate of drug-likeness (QED) is 0.262. The first-order chi connectivity index (χ1) is 17.8. The Balaban J connectivity index is 1.64. The van der Waals surface area contributed by atoms with E-state index in [9.17, 15) is 13.2 Å². The van der Waals surface area contributed by atoms with Crippen molar-refractivity contribution < 1.29 is 27.1 Å². The number of furan rings is 1. The molecule has 2 aromatic heterocycles. The molecule has 0 aliphatic rings. The molecule has 2 heterocycles. The van der Waals surface area contributed by atoms with Crippen LogP contribution in [0.2, 0.25) is 0 Å². The van der Waals surface area contributed by atoms with Crippen LogP contribution in [-0.4, -0.2) is 64.1 Å². The topological polar surface area (TPSA) is 102 Å². The van der Waals surface area contributed by atoms with Gasteiger partial charge in [-0.3, -0.25) is 9.69 Å². The predicted octanol–water partition coefficient (Wildman–Crippen LogP) is 4.33. The van der Waals surface area contributed by atoms with Crippen molar-refractivity contribution in [3.63, 3.8) is 0 Å². The molecule has 0 saturated heterocycles. The Morgan fingerprint density at radius 2 is 1.70 bits per heavy atom. The minimum atomic E-state index is -3.80. The van der Waals surface area contributed by atoms with Crippen LogP contribution in [0.15, 0.2) is 70.2 Å². The molecule has 0 spiro atoms. The normalized spacial score (nSPS) is 11.9. The van der Waals surface area contributed by atoms with Gasteiger partial charge in [-0.05, 0) is 55.0 Å². The number of nitrogens with zero attached hydrogens (tertiary/aromatic N) is 3. The standard InChI is InChI=1S/C26H29N3O6S2/c1-19-6-4-8-23-24(19)27-26(36-23)29(18-21-7-5-15-35-21)25(30)20-9-11-22(12-10-20)37(31,32)28(13-16-33-2)14-17-34-3/h4-12,15H,13-14,16-18H2,1-3H3. The van der Waals surface area contributed by atoms with Crippen molar-refractivity contribution >= 4 is 42.6 Å². The molecule has 0 unspecified atom stereocenters. The number of sulfonamides is 1. The third-order valence-corrected chi connectivity index (χ3v) is 8.76. The molecule has 2 aromatic carbocycles. The Morgan fingerprint density at radius 1 is 1.00 bits per heavy atom. The number of anilines is 1. The van der Waals surface area contributed by atoms with Crippen LogP contribution in [0.3, 0.4) is 0 Å². The van der Waals surface area contributed by atoms with Gasteiger partial charge in [0.2, 0.25) is 10.0 Å². The first-order valence-corrected chi connectivity index (χ1v) is 13.9. The minimum absolute atomic E-state index is 0.0875. The zero-order chi connectivity index (χ0) is 26.4. The lowest BCUT2D eigenvalue weighted by molar-refractivity contribution is 0.0983. The molecule has 0 aliphatic heterocycles. The van der Waals surface area contributed by atoms with E-state index in [1.807, 2.05) is 25.1 Å². The summed E-state index contributed by atoms with van der Waals surface area (Å²) in [5.74, 6) is 0.295. The van der Waals surface area contributed by atoms with Gasteiger partial charge in [-0.15, -0.1) is 0 Å². The number of para-hydroxylation sites is 1. The van der Waals surface area contributed by atoms with Crippen molar-refractivity contribution in [3.8, 4) is 0 Å². The molecule has 0 fully saturated rings. The van der Waals surface area contributed by atoms with Gasteiger partial charge >= 0.3 is 0 Å². The average molecular weight is 544 g/mol. The third kappa shape index (κ3) is 6.08. The summed E-state index contributed by atoms with van der Waals surface area (Å²) in [6.45, 7) is 3.05. The van der Waals surface area contributed by atoms with Gasteiger partial charge < -0.3 is 13.9 Å². The highest BCUT2D eigenvalue weighted by molar-refractivity contribution is 7.89. The largest absolute Gasteiger partial charge is 0.467 e. The zero-order valence-corrected chi connectivity index (χ0v) is 22.5. The number of aryl methyl sites for hydroxylation is 1. The number of benzene rings is 2. The van der Waals surface area contributed by atoms with Gasteiger partial charge in [-0.2, -0.15) is 4.31 Å². The highest BCUT2D eigenvalue weighted by atomic mass is 32.2. The van der Waals surface area contributed by atoms with Crippen LogP contribution >= 0.6 is 11.3 Å². The predicted molar refractivity (Wildman–Crippen MR) is 143 cm³/mol. The van der Waals surface area contributed by atoms with Crippen LogP contribution in [0, 0.1) is 6.92 Å². The number of amides is 1. The number of methoxy groups -OCH3 is 2. The second-order valence-electron chi connectivity index (χ2n) is 8.30. The van der Waals surface area contributed by atoms with E-state index in [0.717, 1.165) is 15.8 Å². The van der Waals surface area contributed by atoms with E-state index in [1.54, 1.807) is 23.3 Å². The zero-order valence-electron chi connectivity index (χ0n) is 20.9. The fourth-order valence-electron chi connectivity index (χ4n) is 3.79. The lowest BCUT2D eigenvalue weighted by Crippen LogP contribution is -2.36. The maximum absolute atomic E-state index is 13.7. The number of ether oxygens (including phenoxy) is 2. The van der Waals surface area contributed by atoms with Crippen molar-refractivity contribution in [2.75, 3.05) is 45.4 Å². The molecule has 9 nitrogen and oxygen atoms in total. The Morgan fingerprint density at radius 3 is 2.30 bits per heavy atom. The summed E-state index contributed by atoms with van der Waals surface area (Å²) in [4.78, 5) is 20.0. The maximum atomic E-state index is 13.7. The number of thiazole rings is 1. The van der Waals surface area contributed by atoms with Crippen LogP contribution in [0.5, 0.6) is 0 Å². The van der Waals surface area contributed by atoms with Crippen LogP contribution in [0.25, 0.3) is 10.2 Å². The molecular formula is C26H29N3O6S2. The summed E-state index contributed by atoms with van der Waals surface area (Å²) in [6, 6.07) is 15.4. The fourth-order valence-corrected chi connectivity index (χ4v) is 6.24. The molecule has 0 aliphatic carbocycles. The molecule has 4 aromatic rings. The molecule has 0 bridgehead atoms. The maximum Gasteiger partial charge on any atom is 0.260 e. The first kappa shape index (κ1) is 27.0. The van der Waals surface area contributed by atoms with Crippen LogP contribution in [-0.2, 0) is 26.0 Å². The Bertz CT molecular complexity index is 1430. The smallest absolute Gasteiger partial charge is 0.260 e. The molecule has 0 atom stereocenters. The van der Waals surface area contributed by atoms with Crippen LogP contribution in [0.4, 0.5) is 5.13 Å². The van der Waals surface area contributed by atoms with Gasteiger partial charge in [-0.1, -0.05) is 23.5 Å². The summed E-state index contributed by atoms with van der Waals surface area (Å²) in [7, 11) is -0.767. The van der Waals surface area contributed by atoms with E-state index in [-0.39, 0.29) is 43.7 Å². The molecule has 37 heavy (non-hydrogen) atoms. The summed E-state index contributed by atoms with van der Waals surface area (Å²) in [6.07, 6.45) is 1.55. The molecule has 4 rings (SSSR count). The van der Waals surface area contributed by atoms with E-state index in [0.29, 0.717) is 16.5 Å². The first-order valence-electron chi connectivity index (χ1n) is 11.6. The molecule has 0 radical (unpaired) electrons. The van der Waals surface area contributed by atoms with Gasteiger partial charge in [0.25, 0.3) is 5.91 Å². The third-order valence-electron chi connectivity index (χ3n) is 5.81. The molecule has 1 amide bonds. The highest BCUT2D eigenvalue weighted by Gasteiger charge is 2.26. The summed E-state index contributed by atoms with van der Waals surface area (Å²) < 4.78 is 44.4. The number of fused-ring (bicyclic) bond motifs is 1. The number of hydrogen-bond acceptors (Lipinski definition) is 8. The molecule has 0 saturated carbocycles. The van der Waals surface area contributed by atoms with Gasteiger partial charge in [0, 0.05) is 32.9 Å². The monoisotopic (exact) mass is 543 g/mol. The van der Waals surface area contributed by atoms with Crippen LogP contribution < -0.4 is 4.90 Å². The van der Waals surface area contributed by atoms with Crippen molar-refractivity contribution in [2.24, 2.45) is 0 Å². The van der Waals surface area contributed by atoms with E-state index in [2.05, 4.69) is 0 Å². The Kier molecular flexibility index (Phi) is 8.72. The average Bonchev–Trinajstić information content (AvgIpc) is 3.57. The minimum Gasteiger partial charge on any atom is -0.467 e. The number of aromatic nitrogens is 1. The van der Waals surface area contributed by atoms with E-state index in [1.165, 1.54) is 54.1 Å². The highest BCUT2D eigenvalue weighted by Crippen LogP contribution is 2.32. The second-order valence-corrected chi connectivity index (χ2v) is 11.2. The number of carbonyl (C=O) groups is 1. The number of hydrogen-bond donors (Lipinski definition) is 0. The van der Waals surface area contributed by atoms with Gasteiger partial charge in [-0.25, -0.2) is 13.4 Å². The Hall–Kier alpha value is -3.09. The van der Waals surface area contributed by atoms with Gasteiger partial charge in [0.05, 0.1) is 41.1 Å². The second kappa shape index (κ2) is 12.0. The molecule has 196 valence electrons. The molecule has 0 N–H and O–H groups in total. The lowest BCUT2D eigenvalue weighted by Gasteiger charge is -2.22. The molecule has 11 heteroatoms. The van der Waals surface area contributed by atoms with Crippen LogP contribution in [0.1, 0.15) is 21.7 Å². The van der Waals surface area contributed by atoms with Crippen molar-refractivity contribution in [1.82, 2.24) is 9.29 Å². The van der Waals surface area contributed by atoms with Gasteiger partial charge in [0.15, 0.2) is 5.13 Å². The summed E-state index contributed by atoms with van der Waals surface area (Å²) in [5, 5.41) is 0.535.